The lowest BCUT2D eigenvalue weighted by Crippen LogP contribution is -2.41. The highest BCUT2D eigenvalue weighted by Gasteiger charge is 2.52. The third-order valence-corrected chi connectivity index (χ3v) is 3.73. The maximum Gasteiger partial charge on any atom is 0.233 e. The second-order valence-electron chi connectivity index (χ2n) is 5.39. The van der Waals surface area contributed by atoms with E-state index in [4.69, 9.17) is 4.74 Å². The van der Waals surface area contributed by atoms with Gasteiger partial charge in [-0.3, -0.25) is 4.79 Å². The number of likely N-dealkylation sites (N-methyl/N-ethyl adjacent to an activating group) is 1. The van der Waals surface area contributed by atoms with Crippen LogP contribution in [-0.2, 0) is 14.9 Å². The van der Waals surface area contributed by atoms with Crippen LogP contribution in [0, 0.1) is 5.82 Å². The molecule has 1 amide bonds. The zero-order chi connectivity index (χ0) is 14.8. The van der Waals surface area contributed by atoms with Crippen molar-refractivity contribution in [1.29, 1.82) is 0 Å². The lowest BCUT2D eigenvalue weighted by atomic mass is 9.94. The van der Waals surface area contributed by atoms with Crippen LogP contribution < -0.4 is 0 Å². The zero-order valence-electron chi connectivity index (χ0n) is 11.8. The number of ether oxygens (including phenoxy) is 1. The summed E-state index contributed by atoms with van der Waals surface area (Å²) < 4.78 is 18.2. The minimum atomic E-state index is -0.711. The first-order valence-electron chi connectivity index (χ1n) is 6.68. The van der Waals surface area contributed by atoms with E-state index < -0.39 is 11.5 Å². The lowest BCUT2D eigenvalue weighted by Gasteiger charge is -2.25. The number of methoxy groups -OCH3 is 1. The molecule has 1 atom stereocenters. The van der Waals surface area contributed by atoms with E-state index in [1.54, 1.807) is 19.2 Å². The predicted octanol–water partition coefficient (Wildman–Crippen LogP) is 1.32. The molecule has 1 aromatic carbocycles. The van der Waals surface area contributed by atoms with Crippen LogP contribution in [0.1, 0.15) is 18.4 Å². The summed E-state index contributed by atoms with van der Waals surface area (Å²) in [5.74, 6) is -0.401. The molecular formula is C15H20FNO3. The number of hydrogen-bond donors (Lipinski definition) is 1. The molecule has 1 aromatic rings. The van der Waals surface area contributed by atoms with Gasteiger partial charge in [0, 0.05) is 20.7 Å². The van der Waals surface area contributed by atoms with E-state index in [0.717, 1.165) is 18.4 Å². The molecule has 0 spiro atoms. The summed E-state index contributed by atoms with van der Waals surface area (Å²) in [4.78, 5) is 14.0. The van der Waals surface area contributed by atoms with E-state index in [0.29, 0.717) is 0 Å². The van der Waals surface area contributed by atoms with Crippen LogP contribution in [0.4, 0.5) is 4.39 Å². The molecule has 0 aromatic heterocycles. The maximum atomic E-state index is 13.3. The number of aliphatic hydroxyl groups is 1. The average Bonchev–Trinajstić information content (AvgIpc) is 3.19. The first-order chi connectivity index (χ1) is 9.49. The quantitative estimate of drug-likeness (QED) is 0.855. The van der Waals surface area contributed by atoms with Gasteiger partial charge in [-0.05, 0) is 30.5 Å². The van der Waals surface area contributed by atoms with Crippen molar-refractivity contribution in [3.8, 4) is 0 Å². The van der Waals surface area contributed by atoms with Crippen molar-refractivity contribution >= 4 is 5.91 Å². The van der Waals surface area contributed by atoms with Crippen molar-refractivity contribution in [2.24, 2.45) is 0 Å². The van der Waals surface area contributed by atoms with Gasteiger partial charge < -0.3 is 14.7 Å². The Balaban J connectivity index is 2.08. The standard InChI is InChI=1S/C15H20FNO3/c1-17(9-13(18)10-20-2)14(19)15(6-7-15)11-4-3-5-12(16)8-11/h3-5,8,13,18H,6-7,9-10H2,1-2H3. The van der Waals surface area contributed by atoms with Gasteiger partial charge in [0.1, 0.15) is 5.82 Å². The lowest BCUT2D eigenvalue weighted by molar-refractivity contribution is -0.134. The van der Waals surface area contributed by atoms with Gasteiger partial charge in [-0.1, -0.05) is 12.1 Å². The molecule has 2 rings (SSSR count). The van der Waals surface area contributed by atoms with Crippen molar-refractivity contribution in [3.63, 3.8) is 0 Å². The molecule has 0 bridgehead atoms. The summed E-state index contributed by atoms with van der Waals surface area (Å²) in [5, 5.41) is 9.69. The van der Waals surface area contributed by atoms with E-state index in [9.17, 15) is 14.3 Å². The fraction of sp³-hybridized carbons (Fsp3) is 0.533. The predicted molar refractivity (Wildman–Crippen MR) is 72.8 cm³/mol. The average molecular weight is 281 g/mol. The van der Waals surface area contributed by atoms with E-state index in [-0.39, 0.29) is 24.9 Å². The number of halogens is 1. The molecule has 1 fully saturated rings. The molecule has 0 saturated heterocycles. The molecule has 1 N–H and O–H groups in total. The van der Waals surface area contributed by atoms with Crippen LogP contribution in [-0.4, -0.2) is 49.3 Å². The van der Waals surface area contributed by atoms with Gasteiger partial charge in [-0.2, -0.15) is 0 Å². The fourth-order valence-corrected chi connectivity index (χ4v) is 2.55. The fourth-order valence-electron chi connectivity index (χ4n) is 2.55. The minimum Gasteiger partial charge on any atom is -0.389 e. The molecule has 110 valence electrons. The van der Waals surface area contributed by atoms with Crippen LogP contribution in [0.25, 0.3) is 0 Å². The molecular weight excluding hydrogens is 261 g/mol. The first-order valence-corrected chi connectivity index (χ1v) is 6.68. The molecule has 1 saturated carbocycles. The second kappa shape index (κ2) is 5.89. The Hall–Kier alpha value is -1.46. The third kappa shape index (κ3) is 2.99. The summed E-state index contributed by atoms with van der Waals surface area (Å²) in [6.07, 6.45) is 0.734. The number of carbonyl (C=O) groups is 1. The van der Waals surface area contributed by atoms with Gasteiger partial charge in [-0.15, -0.1) is 0 Å². The molecule has 1 aliphatic carbocycles. The van der Waals surface area contributed by atoms with Gasteiger partial charge in [0.15, 0.2) is 0 Å². The molecule has 1 aliphatic rings. The molecule has 0 radical (unpaired) electrons. The third-order valence-electron chi connectivity index (χ3n) is 3.73. The van der Waals surface area contributed by atoms with Crippen LogP contribution in [0.15, 0.2) is 24.3 Å². The van der Waals surface area contributed by atoms with E-state index in [2.05, 4.69) is 0 Å². The number of amides is 1. The van der Waals surface area contributed by atoms with Crippen molar-refractivity contribution in [3.05, 3.63) is 35.6 Å². The molecule has 5 heteroatoms. The first kappa shape index (κ1) is 14.9. The van der Waals surface area contributed by atoms with Gasteiger partial charge in [-0.25, -0.2) is 4.39 Å². The van der Waals surface area contributed by atoms with Crippen molar-refractivity contribution < 1.29 is 19.0 Å². The number of rotatable bonds is 6. The molecule has 0 aliphatic heterocycles. The van der Waals surface area contributed by atoms with E-state index >= 15 is 0 Å². The van der Waals surface area contributed by atoms with Gasteiger partial charge >= 0.3 is 0 Å². The largest absolute Gasteiger partial charge is 0.389 e. The molecule has 4 nitrogen and oxygen atoms in total. The summed E-state index contributed by atoms with van der Waals surface area (Å²) in [7, 11) is 3.15. The number of nitrogens with zero attached hydrogens (tertiary/aromatic N) is 1. The summed E-state index contributed by atoms with van der Waals surface area (Å²) in [6.45, 7) is 0.397. The Morgan fingerprint density at radius 3 is 2.80 bits per heavy atom. The summed E-state index contributed by atoms with van der Waals surface area (Å²) >= 11 is 0. The monoisotopic (exact) mass is 281 g/mol. The highest BCUT2D eigenvalue weighted by Crippen LogP contribution is 2.49. The minimum absolute atomic E-state index is 0.0711. The van der Waals surface area contributed by atoms with Crippen molar-refractivity contribution in [1.82, 2.24) is 4.90 Å². The van der Waals surface area contributed by atoms with E-state index in [1.165, 1.54) is 24.1 Å². The van der Waals surface area contributed by atoms with Crippen LogP contribution in [0.3, 0.4) is 0 Å². The SMILES string of the molecule is COCC(O)CN(C)C(=O)C1(c2cccc(F)c2)CC1. The smallest absolute Gasteiger partial charge is 0.233 e. The highest BCUT2D eigenvalue weighted by atomic mass is 19.1. The Morgan fingerprint density at radius 1 is 1.55 bits per heavy atom. The normalized spacial score (nSPS) is 17.6. The zero-order valence-corrected chi connectivity index (χ0v) is 11.8. The van der Waals surface area contributed by atoms with E-state index in [1.807, 2.05) is 0 Å². The van der Waals surface area contributed by atoms with Gasteiger partial charge in [0.25, 0.3) is 0 Å². The Kier molecular flexibility index (Phi) is 4.40. The summed E-state index contributed by atoms with van der Waals surface area (Å²) in [5.41, 5.74) is 0.111. The summed E-state index contributed by atoms with van der Waals surface area (Å²) in [6, 6.07) is 6.20. The Labute approximate surface area is 118 Å². The number of benzene rings is 1. The van der Waals surface area contributed by atoms with Gasteiger partial charge in [0.2, 0.25) is 5.91 Å². The Morgan fingerprint density at radius 2 is 2.25 bits per heavy atom. The molecule has 20 heavy (non-hydrogen) atoms. The molecule has 1 unspecified atom stereocenters. The number of aliphatic hydroxyl groups excluding tert-OH is 1. The maximum absolute atomic E-state index is 13.3. The molecule has 0 heterocycles. The number of carbonyl (C=O) groups excluding carboxylic acids is 1. The van der Waals surface area contributed by atoms with Crippen LogP contribution in [0.2, 0.25) is 0 Å². The van der Waals surface area contributed by atoms with Crippen LogP contribution in [0.5, 0.6) is 0 Å². The van der Waals surface area contributed by atoms with Crippen molar-refractivity contribution in [2.45, 2.75) is 24.4 Å². The Bertz CT molecular complexity index is 488. The van der Waals surface area contributed by atoms with Crippen LogP contribution >= 0.6 is 0 Å². The highest BCUT2D eigenvalue weighted by molar-refractivity contribution is 5.91. The topological polar surface area (TPSA) is 49.8 Å². The van der Waals surface area contributed by atoms with Crippen molar-refractivity contribution in [2.75, 3.05) is 27.3 Å². The second-order valence-corrected chi connectivity index (χ2v) is 5.39. The van der Waals surface area contributed by atoms with Gasteiger partial charge in [0.05, 0.1) is 18.1 Å². The number of hydrogen-bond acceptors (Lipinski definition) is 3.